The molecule has 0 amide bonds. The van der Waals surface area contributed by atoms with Gasteiger partial charge in [0.2, 0.25) is 0 Å². The number of imidazole rings is 1. The van der Waals surface area contributed by atoms with Crippen LogP contribution in [0.3, 0.4) is 0 Å². The molecule has 3 rings (SSSR count). The van der Waals surface area contributed by atoms with Crippen LogP contribution in [0, 0.1) is 0 Å². The van der Waals surface area contributed by atoms with Crippen molar-refractivity contribution in [2.24, 2.45) is 7.05 Å². The predicted octanol–water partition coefficient (Wildman–Crippen LogP) is 2.86. The lowest BCUT2D eigenvalue weighted by Gasteiger charge is -2.18. The molecule has 1 aromatic carbocycles. The van der Waals surface area contributed by atoms with E-state index in [4.69, 9.17) is 9.47 Å². The van der Waals surface area contributed by atoms with Crippen LogP contribution in [0.1, 0.15) is 38.2 Å². The minimum absolute atomic E-state index is 0.146. The van der Waals surface area contributed by atoms with E-state index in [1.165, 1.54) is 5.56 Å². The van der Waals surface area contributed by atoms with Crippen molar-refractivity contribution in [2.45, 2.75) is 38.8 Å². The Morgan fingerprint density at radius 1 is 1.43 bits per heavy atom. The maximum Gasteiger partial charge on any atom is 0.165 e. The zero-order chi connectivity index (χ0) is 16.4. The van der Waals surface area contributed by atoms with Gasteiger partial charge in [-0.05, 0) is 26.8 Å². The highest BCUT2D eigenvalue weighted by atomic mass is 16.5. The molecule has 2 heterocycles. The molecular formula is C18H25N3O2. The zero-order valence-electron chi connectivity index (χ0n) is 14.3. The van der Waals surface area contributed by atoms with E-state index in [-0.39, 0.29) is 11.6 Å². The number of nitrogens with one attached hydrogen (secondary N) is 1. The van der Waals surface area contributed by atoms with Crippen molar-refractivity contribution in [2.75, 3.05) is 13.2 Å². The summed E-state index contributed by atoms with van der Waals surface area (Å²) in [5.41, 5.74) is 1.08. The number of ether oxygens (including phenoxy) is 2. The van der Waals surface area contributed by atoms with Gasteiger partial charge in [0.25, 0.3) is 0 Å². The number of benzene rings is 1. The molecule has 5 heteroatoms. The van der Waals surface area contributed by atoms with Gasteiger partial charge in [-0.25, -0.2) is 4.98 Å². The van der Waals surface area contributed by atoms with Gasteiger partial charge < -0.3 is 19.4 Å². The van der Waals surface area contributed by atoms with E-state index in [1.54, 1.807) is 0 Å². The molecule has 1 atom stereocenters. The topological polar surface area (TPSA) is 48.3 Å². The average Bonchev–Trinajstić information content (AvgIpc) is 3.05. The summed E-state index contributed by atoms with van der Waals surface area (Å²) >= 11 is 0. The van der Waals surface area contributed by atoms with E-state index >= 15 is 0 Å². The molecule has 1 aromatic heterocycles. The van der Waals surface area contributed by atoms with E-state index in [0.29, 0.717) is 6.61 Å². The molecule has 1 N–H and O–H groups in total. The summed E-state index contributed by atoms with van der Waals surface area (Å²) in [4.78, 5) is 4.36. The Morgan fingerprint density at radius 3 is 3.00 bits per heavy atom. The largest absolute Gasteiger partial charge is 0.488 e. The number of aromatic nitrogens is 2. The SMILES string of the molecule is CC(NCCOc1cccc2c1OC(C)(C)C2)c1nccn1C. The third kappa shape index (κ3) is 3.50. The van der Waals surface area contributed by atoms with E-state index in [2.05, 4.69) is 37.1 Å². The van der Waals surface area contributed by atoms with Gasteiger partial charge in [0, 0.05) is 38.0 Å². The molecule has 5 nitrogen and oxygen atoms in total. The minimum Gasteiger partial charge on any atom is -0.488 e. The Morgan fingerprint density at radius 2 is 2.26 bits per heavy atom. The summed E-state index contributed by atoms with van der Waals surface area (Å²) in [5, 5.41) is 3.43. The summed E-state index contributed by atoms with van der Waals surface area (Å²) in [5.74, 6) is 2.75. The molecule has 0 bridgehead atoms. The molecule has 0 saturated carbocycles. The molecular weight excluding hydrogens is 290 g/mol. The summed E-state index contributed by atoms with van der Waals surface area (Å²) in [6.45, 7) is 7.66. The highest BCUT2D eigenvalue weighted by Gasteiger charge is 2.32. The van der Waals surface area contributed by atoms with Gasteiger partial charge in [0.05, 0.1) is 6.04 Å². The zero-order valence-corrected chi connectivity index (χ0v) is 14.3. The van der Waals surface area contributed by atoms with Crippen LogP contribution in [0.5, 0.6) is 11.5 Å². The molecule has 0 saturated heterocycles. The fourth-order valence-corrected chi connectivity index (χ4v) is 3.02. The van der Waals surface area contributed by atoms with Gasteiger partial charge in [-0.1, -0.05) is 12.1 Å². The third-order valence-corrected chi connectivity index (χ3v) is 4.11. The Bertz CT molecular complexity index is 679. The van der Waals surface area contributed by atoms with Crippen molar-refractivity contribution in [1.29, 1.82) is 0 Å². The molecule has 0 aliphatic carbocycles. The first-order valence-corrected chi connectivity index (χ1v) is 8.10. The molecule has 23 heavy (non-hydrogen) atoms. The van der Waals surface area contributed by atoms with E-state index < -0.39 is 0 Å². The van der Waals surface area contributed by atoms with Crippen molar-refractivity contribution < 1.29 is 9.47 Å². The van der Waals surface area contributed by atoms with Crippen LogP contribution >= 0.6 is 0 Å². The average molecular weight is 315 g/mol. The van der Waals surface area contributed by atoms with Gasteiger partial charge in [-0.2, -0.15) is 0 Å². The van der Waals surface area contributed by atoms with Crippen molar-refractivity contribution in [3.8, 4) is 11.5 Å². The molecule has 1 aliphatic heterocycles. The number of nitrogens with zero attached hydrogens (tertiary/aromatic N) is 2. The van der Waals surface area contributed by atoms with Crippen LogP contribution in [0.4, 0.5) is 0 Å². The fraction of sp³-hybridized carbons (Fsp3) is 0.500. The fourth-order valence-electron chi connectivity index (χ4n) is 3.02. The highest BCUT2D eigenvalue weighted by Crippen LogP contribution is 2.41. The van der Waals surface area contributed by atoms with Gasteiger partial charge in [-0.15, -0.1) is 0 Å². The molecule has 0 fully saturated rings. The lowest BCUT2D eigenvalue weighted by Crippen LogP contribution is -2.26. The van der Waals surface area contributed by atoms with E-state index in [9.17, 15) is 0 Å². The van der Waals surface area contributed by atoms with Gasteiger partial charge >= 0.3 is 0 Å². The molecule has 1 unspecified atom stereocenters. The number of hydrogen-bond donors (Lipinski definition) is 1. The van der Waals surface area contributed by atoms with Crippen LogP contribution in [-0.2, 0) is 13.5 Å². The van der Waals surface area contributed by atoms with Gasteiger partial charge in [-0.3, -0.25) is 0 Å². The van der Waals surface area contributed by atoms with E-state index in [0.717, 1.165) is 30.3 Å². The second kappa shape index (κ2) is 6.24. The maximum atomic E-state index is 6.02. The monoisotopic (exact) mass is 315 g/mol. The lowest BCUT2D eigenvalue weighted by atomic mass is 10.0. The maximum absolute atomic E-state index is 6.02. The number of para-hydroxylation sites is 1. The lowest BCUT2D eigenvalue weighted by molar-refractivity contribution is 0.132. The predicted molar refractivity (Wildman–Crippen MR) is 90.0 cm³/mol. The summed E-state index contributed by atoms with van der Waals surface area (Å²) < 4.78 is 14.0. The Labute approximate surface area is 137 Å². The highest BCUT2D eigenvalue weighted by molar-refractivity contribution is 5.50. The molecule has 0 radical (unpaired) electrons. The summed E-state index contributed by atoms with van der Waals surface area (Å²) in [6, 6.07) is 6.30. The van der Waals surface area contributed by atoms with Crippen LogP contribution in [0.25, 0.3) is 0 Å². The first kappa shape index (κ1) is 15.9. The van der Waals surface area contributed by atoms with E-state index in [1.807, 2.05) is 36.1 Å². The van der Waals surface area contributed by atoms with Crippen molar-refractivity contribution in [1.82, 2.24) is 14.9 Å². The summed E-state index contributed by atoms with van der Waals surface area (Å²) in [6.07, 6.45) is 4.70. The first-order chi connectivity index (χ1) is 11.0. The van der Waals surface area contributed by atoms with Crippen LogP contribution in [-0.4, -0.2) is 28.3 Å². The van der Waals surface area contributed by atoms with Crippen molar-refractivity contribution in [3.63, 3.8) is 0 Å². The summed E-state index contributed by atoms with van der Waals surface area (Å²) in [7, 11) is 2.00. The number of aryl methyl sites for hydroxylation is 1. The second-order valence-corrected chi connectivity index (χ2v) is 6.70. The Hall–Kier alpha value is -2.01. The second-order valence-electron chi connectivity index (χ2n) is 6.70. The number of rotatable bonds is 6. The number of fused-ring (bicyclic) bond motifs is 1. The van der Waals surface area contributed by atoms with Gasteiger partial charge in [0.15, 0.2) is 11.5 Å². The first-order valence-electron chi connectivity index (χ1n) is 8.10. The third-order valence-electron chi connectivity index (χ3n) is 4.11. The smallest absolute Gasteiger partial charge is 0.165 e. The standard InChI is InChI=1S/C18H25N3O2/c1-13(17-20-8-10-21(17)4)19-9-11-22-15-7-5-6-14-12-18(2,3)23-16(14)15/h5-8,10,13,19H,9,11-12H2,1-4H3. The van der Waals surface area contributed by atoms with Crippen molar-refractivity contribution >= 4 is 0 Å². The van der Waals surface area contributed by atoms with Crippen LogP contribution in [0.15, 0.2) is 30.6 Å². The van der Waals surface area contributed by atoms with Crippen LogP contribution < -0.4 is 14.8 Å². The normalized spacial score (nSPS) is 16.7. The molecule has 1 aliphatic rings. The number of hydrogen-bond acceptors (Lipinski definition) is 4. The van der Waals surface area contributed by atoms with Gasteiger partial charge in [0.1, 0.15) is 18.0 Å². The molecule has 2 aromatic rings. The quantitative estimate of drug-likeness (QED) is 0.833. The molecule has 0 spiro atoms. The van der Waals surface area contributed by atoms with Crippen molar-refractivity contribution in [3.05, 3.63) is 42.0 Å². The Kier molecular flexibility index (Phi) is 4.31. The molecule has 124 valence electrons. The minimum atomic E-state index is -0.146. The van der Waals surface area contributed by atoms with Crippen LogP contribution in [0.2, 0.25) is 0 Å². The Balaban J connectivity index is 1.53.